The van der Waals surface area contributed by atoms with Crippen molar-refractivity contribution in [2.45, 2.75) is 19.3 Å². The number of aromatic nitrogens is 1. The van der Waals surface area contributed by atoms with Crippen LogP contribution in [0.4, 0.5) is 5.82 Å². The Bertz CT molecular complexity index is 492. The third-order valence-corrected chi connectivity index (χ3v) is 4.21. The minimum absolute atomic E-state index is 0.0395. The van der Waals surface area contributed by atoms with E-state index in [9.17, 15) is 4.79 Å². The van der Waals surface area contributed by atoms with E-state index in [4.69, 9.17) is 4.74 Å². The van der Waals surface area contributed by atoms with Crippen molar-refractivity contribution in [3.63, 3.8) is 0 Å². The van der Waals surface area contributed by atoms with Crippen LogP contribution in [0.25, 0.3) is 0 Å². The Kier molecular flexibility index (Phi) is 3.11. The summed E-state index contributed by atoms with van der Waals surface area (Å²) in [4.78, 5) is 18.6. The summed E-state index contributed by atoms with van der Waals surface area (Å²) in [6.07, 6.45) is 2.66. The summed E-state index contributed by atoms with van der Waals surface area (Å²) in [5, 5.41) is 0. The fourth-order valence-corrected chi connectivity index (χ4v) is 3.26. The molecule has 1 aromatic rings. The molecule has 3 rings (SSSR count). The number of nitrogens with zero attached hydrogens (tertiary/aromatic N) is 2. The molecule has 18 heavy (non-hydrogen) atoms. The number of hydrogen-bond donors (Lipinski definition) is 0. The second kappa shape index (κ2) is 4.63. The maximum atomic E-state index is 12.4. The van der Waals surface area contributed by atoms with Crippen molar-refractivity contribution in [2.24, 2.45) is 5.92 Å². The molecule has 3 heterocycles. The highest BCUT2D eigenvalue weighted by Crippen LogP contribution is 2.42. The molecule has 5 heteroatoms. The normalized spacial score (nSPS) is 26.8. The summed E-state index contributed by atoms with van der Waals surface area (Å²) in [7, 11) is 0. The zero-order chi connectivity index (χ0) is 12.7. The lowest BCUT2D eigenvalue weighted by atomic mass is 9.79. The van der Waals surface area contributed by atoms with Gasteiger partial charge in [-0.3, -0.25) is 9.69 Å². The van der Waals surface area contributed by atoms with Gasteiger partial charge in [-0.1, -0.05) is 0 Å². The zero-order valence-electron chi connectivity index (χ0n) is 10.2. The summed E-state index contributed by atoms with van der Waals surface area (Å²) in [6.45, 7) is 3.90. The number of amides is 1. The van der Waals surface area contributed by atoms with E-state index in [2.05, 4.69) is 27.0 Å². The Hall–Kier alpha value is -0.940. The molecule has 0 aliphatic carbocycles. The number of hydrogen-bond acceptors (Lipinski definition) is 3. The number of ether oxygens (including phenoxy) is 1. The number of carbonyl (C=O) groups excluding carboxylic acids is 1. The smallest absolute Gasteiger partial charge is 0.234 e. The quantitative estimate of drug-likeness (QED) is 0.799. The highest BCUT2D eigenvalue weighted by Gasteiger charge is 2.42. The molecule has 1 amide bonds. The highest BCUT2D eigenvalue weighted by molar-refractivity contribution is 9.10. The van der Waals surface area contributed by atoms with E-state index in [1.54, 1.807) is 11.1 Å². The van der Waals surface area contributed by atoms with Gasteiger partial charge in [0, 0.05) is 35.3 Å². The third-order valence-electron chi connectivity index (χ3n) is 3.77. The summed E-state index contributed by atoms with van der Waals surface area (Å²) >= 11 is 3.47. The van der Waals surface area contributed by atoms with Crippen molar-refractivity contribution in [1.82, 2.24) is 4.98 Å². The van der Waals surface area contributed by atoms with Gasteiger partial charge in [0.2, 0.25) is 5.91 Å². The van der Waals surface area contributed by atoms with E-state index in [0.29, 0.717) is 13.2 Å². The molecule has 1 saturated heterocycles. The largest absolute Gasteiger partial charge is 0.381 e. The minimum Gasteiger partial charge on any atom is -0.381 e. The Labute approximate surface area is 114 Å². The lowest BCUT2D eigenvalue weighted by molar-refractivity contribution is -0.128. The maximum absolute atomic E-state index is 12.4. The number of anilines is 1. The van der Waals surface area contributed by atoms with Crippen LogP contribution in [0.3, 0.4) is 0 Å². The van der Waals surface area contributed by atoms with Crippen molar-refractivity contribution >= 4 is 27.7 Å². The van der Waals surface area contributed by atoms with Crippen LogP contribution in [0.5, 0.6) is 0 Å². The summed E-state index contributed by atoms with van der Waals surface area (Å²) < 4.78 is 6.44. The lowest BCUT2D eigenvalue weighted by Gasteiger charge is -2.40. The van der Waals surface area contributed by atoms with Gasteiger partial charge in [-0.15, -0.1) is 0 Å². The molecule has 96 valence electrons. The van der Waals surface area contributed by atoms with Crippen LogP contribution in [0.1, 0.15) is 24.8 Å². The van der Waals surface area contributed by atoms with Gasteiger partial charge >= 0.3 is 0 Å². The fourth-order valence-electron chi connectivity index (χ4n) is 2.91. The topological polar surface area (TPSA) is 42.4 Å². The van der Waals surface area contributed by atoms with Crippen molar-refractivity contribution in [1.29, 1.82) is 0 Å². The Morgan fingerprint density at radius 3 is 3.17 bits per heavy atom. The van der Waals surface area contributed by atoms with Crippen molar-refractivity contribution < 1.29 is 9.53 Å². The molecule has 0 aromatic carbocycles. The van der Waals surface area contributed by atoms with Crippen LogP contribution in [-0.4, -0.2) is 30.6 Å². The first-order valence-electron chi connectivity index (χ1n) is 6.27. The average Bonchev–Trinajstić information content (AvgIpc) is 2.40. The zero-order valence-corrected chi connectivity index (χ0v) is 11.8. The van der Waals surface area contributed by atoms with Gasteiger partial charge in [0.1, 0.15) is 5.82 Å². The predicted molar refractivity (Wildman–Crippen MR) is 71.6 cm³/mol. The molecule has 0 unspecified atom stereocenters. The minimum atomic E-state index is -0.0395. The molecule has 2 aliphatic heterocycles. The van der Waals surface area contributed by atoms with Crippen molar-refractivity contribution in [3.05, 3.63) is 22.3 Å². The number of pyridine rings is 1. The van der Waals surface area contributed by atoms with E-state index in [1.165, 1.54) is 5.56 Å². The van der Waals surface area contributed by atoms with Gasteiger partial charge in [0.15, 0.2) is 0 Å². The number of rotatable bonds is 1. The number of fused-ring (bicyclic) bond motifs is 3. The monoisotopic (exact) mass is 310 g/mol. The molecule has 0 N–H and O–H groups in total. The van der Waals surface area contributed by atoms with Crippen LogP contribution in [0, 0.1) is 5.92 Å². The third kappa shape index (κ3) is 1.77. The van der Waals surface area contributed by atoms with E-state index < -0.39 is 0 Å². The van der Waals surface area contributed by atoms with Gasteiger partial charge < -0.3 is 4.74 Å². The first kappa shape index (κ1) is 12.1. The van der Waals surface area contributed by atoms with Crippen LogP contribution in [0.2, 0.25) is 0 Å². The van der Waals surface area contributed by atoms with E-state index in [0.717, 1.165) is 23.3 Å². The van der Waals surface area contributed by atoms with Crippen molar-refractivity contribution in [3.8, 4) is 0 Å². The van der Waals surface area contributed by atoms with Gasteiger partial charge in [0.25, 0.3) is 0 Å². The van der Waals surface area contributed by atoms with Crippen LogP contribution >= 0.6 is 15.9 Å². The molecule has 0 saturated carbocycles. The molecule has 4 nitrogen and oxygen atoms in total. The van der Waals surface area contributed by atoms with E-state index in [-0.39, 0.29) is 17.7 Å². The molecule has 1 aromatic heterocycles. The highest BCUT2D eigenvalue weighted by atomic mass is 79.9. The molecule has 0 bridgehead atoms. The number of carbonyl (C=O) groups is 1. The first-order chi connectivity index (χ1) is 8.72. The standard InChI is InChI=1S/C13H15BrN2O2/c1-2-16-12-10(5-8(14)6-15-12)9-3-4-18-7-11(9)13(16)17/h5-6,9,11H,2-4,7H2,1H3/t9-,11+/m0/s1. The first-order valence-corrected chi connectivity index (χ1v) is 7.06. The Morgan fingerprint density at radius 2 is 2.39 bits per heavy atom. The van der Waals surface area contributed by atoms with Crippen LogP contribution in [0.15, 0.2) is 16.7 Å². The van der Waals surface area contributed by atoms with Gasteiger partial charge in [0.05, 0.1) is 12.5 Å². The Balaban J connectivity index is 2.12. The predicted octanol–water partition coefficient (Wildman–Crippen LogP) is 2.33. The molecular weight excluding hydrogens is 296 g/mol. The van der Waals surface area contributed by atoms with Crippen molar-refractivity contribution in [2.75, 3.05) is 24.7 Å². The average molecular weight is 311 g/mol. The molecular formula is C13H15BrN2O2. The molecule has 0 spiro atoms. The van der Waals surface area contributed by atoms with Gasteiger partial charge in [-0.2, -0.15) is 0 Å². The lowest BCUT2D eigenvalue weighted by Crippen LogP contribution is -2.47. The second-order valence-electron chi connectivity index (χ2n) is 4.73. The van der Waals surface area contributed by atoms with Crippen LogP contribution in [-0.2, 0) is 9.53 Å². The molecule has 2 aliphatic rings. The van der Waals surface area contributed by atoms with Crippen LogP contribution < -0.4 is 4.90 Å². The van der Waals surface area contributed by atoms with Gasteiger partial charge in [-0.25, -0.2) is 4.98 Å². The molecule has 2 atom stereocenters. The SMILES string of the molecule is CCN1C(=O)[C@@H]2COCC[C@H]2c2cc(Br)cnc21. The molecule has 0 radical (unpaired) electrons. The van der Waals surface area contributed by atoms with E-state index in [1.807, 2.05) is 6.92 Å². The Morgan fingerprint density at radius 1 is 1.56 bits per heavy atom. The second-order valence-corrected chi connectivity index (χ2v) is 5.64. The summed E-state index contributed by atoms with van der Waals surface area (Å²) in [6, 6.07) is 2.10. The summed E-state index contributed by atoms with van der Waals surface area (Å²) in [5.74, 6) is 1.20. The molecule has 1 fully saturated rings. The summed E-state index contributed by atoms with van der Waals surface area (Å²) in [5.41, 5.74) is 1.18. The number of halogens is 1. The van der Waals surface area contributed by atoms with E-state index >= 15 is 0 Å². The fraction of sp³-hybridized carbons (Fsp3) is 0.538. The maximum Gasteiger partial charge on any atom is 0.234 e. The van der Waals surface area contributed by atoms with Gasteiger partial charge in [-0.05, 0) is 35.3 Å².